The lowest BCUT2D eigenvalue weighted by Crippen LogP contribution is -2.43. The zero-order chi connectivity index (χ0) is 14.0. The van der Waals surface area contributed by atoms with Crippen LogP contribution in [0.2, 0.25) is 0 Å². The number of aliphatic hydroxyl groups excluding tert-OH is 1. The van der Waals surface area contributed by atoms with Crippen molar-refractivity contribution in [3.05, 3.63) is 5.01 Å². The van der Waals surface area contributed by atoms with E-state index in [1.54, 1.807) is 0 Å². The van der Waals surface area contributed by atoms with Crippen molar-refractivity contribution < 1.29 is 19.8 Å². The molecule has 104 valence electrons. The number of aryl methyl sites for hydroxylation is 1. The van der Waals surface area contributed by atoms with Crippen molar-refractivity contribution in [1.82, 2.24) is 15.1 Å². The van der Waals surface area contributed by atoms with Crippen LogP contribution >= 0.6 is 11.3 Å². The highest BCUT2D eigenvalue weighted by molar-refractivity contribution is 7.15. The highest BCUT2D eigenvalue weighted by atomic mass is 32.1. The minimum Gasteiger partial charge on any atom is -0.480 e. The number of hydrogen-bond acceptors (Lipinski definition) is 6. The summed E-state index contributed by atoms with van der Waals surface area (Å²) >= 11 is 1.24. The molecule has 2 rings (SSSR count). The summed E-state index contributed by atoms with van der Waals surface area (Å²) in [7, 11) is 0. The normalized spacial score (nSPS) is 22.5. The van der Waals surface area contributed by atoms with Gasteiger partial charge in [-0.1, -0.05) is 18.3 Å². The van der Waals surface area contributed by atoms with Crippen molar-refractivity contribution in [2.24, 2.45) is 0 Å². The molecule has 1 aromatic rings. The third-order valence-corrected chi connectivity index (χ3v) is 3.79. The van der Waals surface area contributed by atoms with Crippen LogP contribution in [0.1, 0.15) is 18.4 Å². The molecule has 0 unspecified atom stereocenters. The number of nitrogens with one attached hydrogen (secondary N) is 1. The van der Waals surface area contributed by atoms with E-state index in [1.165, 1.54) is 11.3 Å². The highest BCUT2D eigenvalue weighted by Crippen LogP contribution is 2.21. The zero-order valence-corrected chi connectivity index (χ0v) is 11.1. The van der Waals surface area contributed by atoms with Gasteiger partial charge in [0.15, 0.2) is 0 Å². The number of carboxylic acid groups (broad SMARTS) is 1. The summed E-state index contributed by atoms with van der Waals surface area (Å²) < 4.78 is 0. The van der Waals surface area contributed by atoms with Gasteiger partial charge in [-0.05, 0) is 6.42 Å². The van der Waals surface area contributed by atoms with Crippen LogP contribution in [0.3, 0.4) is 0 Å². The first kappa shape index (κ1) is 13.7. The Labute approximate surface area is 113 Å². The second-order valence-corrected chi connectivity index (χ2v) is 5.24. The molecule has 19 heavy (non-hydrogen) atoms. The summed E-state index contributed by atoms with van der Waals surface area (Å²) in [6, 6.07) is -1.59. The molecule has 1 aliphatic heterocycles. The summed E-state index contributed by atoms with van der Waals surface area (Å²) in [5, 5.41) is 29.7. The second-order valence-electron chi connectivity index (χ2n) is 4.18. The summed E-state index contributed by atoms with van der Waals surface area (Å²) in [6.07, 6.45) is -0.0558. The number of aromatic nitrogens is 2. The van der Waals surface area contributed by atoms with Crippen LogP contribution in [0, 0.1) is 0 Å². The number of aliphatic carboxylic acids is 1. The number of β-amino-alcohol motifs (C(OH)–C–C–N with tert-alkyl or cyclic N) is 1. The van der Waals surface area contributed by atoms with Gasteiger partial charge in [-0.25, -0.2) is 9.59 Å². The highest BCUT2D eigenvalue weighted by Gasteiger charge is 2.39. The fourth-order valence-corrected chi connectivity index (χ4v) is 2.55. The number of hydrogen-bond donors (Lipinski definition) is 3. The molecule has 0 bridgehead atoms. The van der Waals surface area contributed by atoms with E-state index in [-0.39, 0.29) is 13.0 Å². The average Bonchev–Trinajstić information content (AvgIpc) is 2.95. The summed E-state index contributed by atoms with van der Waals surface area (Å²) in [5.74, 6) is -1.13. The van der Waals surface area contributed by atoms with Crippen LogP contribution < -0.4 is 5.32 Å². The first-order chi connectivity index (χ1) is 9.01. The van der Waals surface area contributed by atoms with E-state index in [1.807, 2.05) is 6.92 Å². The standard InChI is InChI=1S/C10H14N4O4S/c1-2-7-12-13-9(19-7)11-10(18)14-4-5(15)3-6(14)8(16)17/h5-6,15H,2-4H2,1H3,(H,16,17)(H,11,13,18)/t5-,6-/m1/s1. The number of carbonyl (C=O) groups excluding carboxylic acids is 1. The van der Waals surface area contributed by atoms with Crippen LogP contribution in [-0.4, -0.2) is 56.0 Å². The topological polar surface area (TPSA) is 116 Å². The van der Waals surface area contributed by atoms with Crippen molar-refractivity contribution in [3.63, 3.8) is 0 Å². The Morgan fingerprint density at radius 2 is 2.26 bits per heavy atom. The maximum absolute atomic E-state index is 12.0. The molecule has 9 heteroatoms. The fourth-order valence-electron chi connectivity index (χ4n) is 1.88. The van der Waals surface area contributed by atoms with Gasteiger partial charge in [-0.3, -0.25) is 5.32 Å². The molecule has 0 spiro atoms. The van der Waals surface area contributed by atoms with Crippen molar-refractivity contribution in [2.75, 3.05) is 11.9 Å². The molecule has 0 aliphatic carbocycles. The third kappa shape index (κ3) is 2.99. The van der Waals surface area contributed by atoms with E-state index >= 15 is 0 Å². The SMILES string of the molecule is CCc1nnc(NC(=O)N2C[C@H](O)C[C@@H]2C(=O)O)s1. The number of aliphatic hydroxyl groups is 1. The number of rotatable bonds is 3. The molecule has 1 aliphatic rings. The molecule has 0 aromatic carbocycles. The van der Waals surface area contributed by atoms with Crippen molar-refractivity contribution >= 4 is 28.5 Å². The van der Waals surface area contributed by atoms with Crippen molar-refractivity contribution in [3.8, 4) is 0 Å². The Morgan fingerprint density at radius 3 is 2.84 bits per heavy atom. The van der Waals surface area contributed by atoms with Crippen LogP contribution in [0.5, 0.6) is 0 Å². The monoisotopic (exact) mass is 286 g/mol. The smallest absolute Gasteiger partial charge is 0.326 e. The molecule has 8 nitrogen and oxygen atoms in total. The Morgan fingerprint density at radius 1 is 1.53 bits per heavy atom. The Balaban J connectivity index is 2.04. The van der Waals surface area contributed by atoms with Gasteiger partial charge in [0.25, 0.3) is 0 Å². The van der Waals surface area contributed by atoms with Gasteiger partial charge in [-0.15, -0.1) is 10.2 Å². The lowest BCUT2D eigenvalue weighted by atomic mass is 10.2. The van der Waals surface area contributed by atoms with Crippen molar-refractivity contribution in [1.29, 1.82) is 0 Å². The molecule has 1 fully saturated rings. The number of carboxylic acids is 1. The minimum atomic E-state index is -1.13. The number of likely N-dealkylation sites (tertiary alicyclic amines) is 1. The van der Waals surface area contributed by atoms with Crippen LogP contribution in [0.4, 0.5) is 9.93 Å². The summed E-state index contributed by atoms with van der Waals surface area (Å²) in [4.78, 5) is 24.1. The predicted molar refractivity (Wildman–Crippen MR) is 67.1 cm³/mol. The van der Waals surface area contributed by atoms with Crippen LogP contribution in [0.25, 0.3) is 0 Å². The Hall–Kier alpha value is -1.74. The molecule has 1 saturated heterocycles. The van der Waals surface area contributed by atoms with E-state index in [0.29, 0.717) is 11.6 Å². The van der Waals surface area contributed by atoms with Gasteiger partial charge < -0.3 is 15.1 Å². The van der Waals surface area contributed by atoms with Gasteiger partial charge in [0.05, 0.1) is 6.10 Å². The molecule has 2 atom stereocenters. The maximum Gasteiger partial charge on any atom is 0.326 e. The number of amides is 2. The van der Waals surface area contributed by atoms with Gasteiger partial charge in [-0.2, -0.15) is 0 Å². The van der Waals surface area contributed by atoms with Crippen molar-refractivity contribution in [2.45, 2.75) is 31.9 Å². The summed E-state index contributed by atoms with van der Waals surface area (Å²) in [6.45, 7) is 1.92. The quantitative estimate of drug-likeness (QED) is 0.728. The van der Waals surface area contributed by atoms with Crippen LogP contribution in [-0.2, 0) is 11.2 Å². The van der Waals surface area contributed by atoms with E-state index < -0.39 is 24.1 Å². The van der Waals surface area contributed by atoms with Gasteiger partial charge in [0.1, 0.15) is 11.0 Å². The average molecular weight is 286 g/mol. The fraction of sp³-hybridized carbons (Fsp3) is 0.600. The van der Waals surface area contributed by atoms with Gasteiger partial charge in [0, 0.05) is 13.0 Å². The molecule has 2 heterocycles. The molecule has 0 saturated carbocycles. The minimum absolute atomic E-state index is 0.00222. The summed E-state index contributed by atoms with van der Waals surface area (Å²) in [5.41, 5.74) is 0. The van der Waals surface area contributed by atoms with E-state index in [2.05, 4.69) is 15.5 Å². The van der Waals surface area contributed by atoms with Gasteiger partial charge in [0.2, 0.25) is 5.13 Å². The Bertz CT molecular complexity index is 492. The van der Waals surface area contributed by atoms with E-state index in [9.17, 15) is 14.7 Å². The largest absolute Gasteiger partial charge is 0.480 e. The third-order valence-electron chi connectivity index (χ3n) is 2.81. The van der Waals surface area contributed by atoms with Gasteiger partial charge >= 0.3 is 12.0 Å². The number of anilines is 1. The Kier molecular flexibility index (Phi) is 3.96. The zero-order valence-electron chi connectivity index (χ0n) is 10.2. The molecule has 0 radical (unpaired) electrons. The lowest BCUT2D eigenvalue weighted by Gasteiger charge is -2.20. The van der Waals surface area contributed by atoms with E-state index in [4.69, 9.17) is 5.11 Å². The molecule has 3 N–H and O–H groups in total. The second kappa shape index (κ2) is 5.49. The number of carbonyl (C=O) groups is 2. The van der Waals surface area contributed by atoms with E-state index in [0.717, 1.165) is 9.91 Å². The molecule has 1 aromatic heterocycles. The first-order valence-corrected chi connectivity index (χ1v) is 6.63. The molecular weight excluding hydrogens is 272 g/mol. The molecule has 2 amide bonds. The molecular formula is C10H14N4O4S. The first-order valence-electron chi connectivity index (χ1n) is 5.82. The predicted octanol–water partition coefficient (Wildman–Crippen LogP) is 0.152. The van der Waals surface area contributed by atoms with Crippen LogP contribution in [0.15, 0.2) is 0 Å². The lowest BCUT2D eigenvalue weighted by molar-refractivity contribution is -0.141. The maximum atomic E-state index is 12.0. The number of nitrogens with zero attached hydrogens (tertiary/aromatic N) is 3. The number of urea groups is 1.